The van der Waals surface area contributed by atoms with Crippen LogP contribution in [0.1, 0.15) is 53.2 Å². The van der Waals surface area contributed by atoms with Gasteiger partial charge in [-0.05, 0) is 16.4 Å². The topological polar surface area (TPSA) is 57.5 Å². The molecule has 1 aromatic rings. The Bertz CT molecular complexity index is 449. The van der Waals surface area contributed by atoms with Gasteiger partial charge in [0.1, 0.15) is 5.41 Å². The molecule has 3 nitrogen and oxygen atoms in total. The minimum atomic E-state index is -1.29. The third-order valence-electron chi connectivity index (χ3n) is 4.23. The summed E-state index contributed by atoms with van der Waals surface area (Å²) in [6.45, 7) is 11.2. The highest BCUT2D eigenvalue weighted by Gasteiger charge is 2.61. The first-order valence-corrected chi connectivity index (χ1v) is 6.92. The molecule has 0 spiro atoms. The third-order valence-corrected chi connectivity index (χ3v) is 4.23. The highest BCUT2D eigenvalue weighted by Crippen LogP contribution is 2.58. The van der Waals surface area contributed by atoms with Gasteiger partial charge in [0.2, 0.25) is 0 Å². The second kappa shape index (κ2) is 5.21. The molecule has 0 saturated carbocycles. The zero-order chi connectivity index (χ0) is 15.8. The van der Waals surface area contributed by atoms with Crippen molar-refractivity contribution in [2.45, 2.75) is 47.6 Å². The molecule has 20 heavy (non-hydrogen) atoms. The van der Waals surface area contributed by atoms with E-state index in [0.717, 1.165) is 0 Å². The molecule has 1 unspecified atom stereocenters. The molecule has 2 N–H and O–H groups in total. The van der Waals surface area contributed by atoms with Crippen molar-refractivity contribution in [1.82, 2.24) is 0 Å². The van der Waals surface area contributed by atoms with E-state index in [0.29, 0.717) is 5.56 Å². The summed E-state index contributed by atoms with van der Waals surface area (Å²) >= 11 is 0. The summed E-state index contributed by atoms with van der Waals surface area (Å²) in [4.78, 5) is 12.2. The maximum atomic E-state index is 12.2. The van der Waals surface area contributed by atoms with E-state index in [9.17, 15) is 15.0 Å². The Morgan fingerprint density at radius 2 is 1.35 bits per heavy atom. The number of carbonyl (C=O) groups is 1. The van der Waals surface area contributed by atoms with Crippen molar-refractivity contribution < 1.29 is 15.0 Å². The number of hydrogen-bond donors (Lipinski definition) is 2. The molecule has 0 radical (unpaired) electrons. The van der Waals surface area contributed by atoms with Gasteiger partial charge in [0.05, 0.1) is 6.10 Å². The molecule has 0 amide bonds. The van der Waals surface area contributed by atoms with Crippen molar-refractivity contribution in [2.75, 3.05) is 0 Å². The van der Waals surface area contributed by atoms with Gasteiger partial charge in [-0.15, -0.1) is 0 Å². The van der Waals surface area contributed by atoms with E-state index in [2.05, 4.69) is 0 Å². The van der Waals surface area contributed by atoms with Crippen molar-refractivity contribution in [1.29, 1.82) is 0 Å². The molecule has 1 rings (SSSR count). The van der Waals surface area contributed by atoms with Crippen LogP contribution in [0.25, 0.3) is 0 Å². The van der Waals surface area contributed by atoms with E-state index in [1.54, 1.807) is 12.1 Å². The predicted molar refractivity (Wildman–Crippen MR) is 80.4 cm³/mol. The maximum absolute atomic E-state index is 12.2. The van der Waals surface area contributed by atoms with Crippen LogP contribution in [0.4, 0.5) is 0 Å². The zero-order valence-corrected chi connectivity index (χ0v) is 13.3. The molecule has 1 atom stereocenters. The van der Waals surface area contributed by atoms with Crippen molar-refractivity contribution in [3.05, 3.63) is 35.9 Å². The van der Waals surface area contributed by atoms with Gasteiger partial charge in [-0.3, -0.25) is 4.79 Å². The molecule has 112 valence electrons. The molecule has 0 fully saturated rings. The zero-order valence-electron chi connectivity index (χ0n) is 13.3. The van der Waals surface area contributed by atoms with Crippen LogP contribution in [-0.4, -0.2) is 16.2 Å². The summed E-state index contributed by atoms with van der Waals surface area (Å²) in [7, 11) is 0. The quantitative estimate of drug-likeness (QED) is 0.882. The van der Waals surface area contributed by atoms with Crippen LogP contribution in [0.5, 0.6) is 0 Å². The predicted octanol–water partition coefficient (Wildman–Crippen LogP) is 3.88. The summed E-state index contributed by atoms with van der Waals surface area (Å²) in [5.74, 6) is -0.964. The number of benzene rings is 1. The third kappa shape index (κ3) is 2.47. The fourth-order valence-corrected chi connectivity index (χ4v) is 3.59. The second-order valence-corrected chi connectivity index (χ2v) is 7.43. The number of rotatable bonds is 3. The van der Waals surface area contributed by atoms with Gasteiger partial charge in [0.15, 0.2) is 0 Å². The van der Waals surface area contributed by atoms with Crippen LogP contribution < -0.4 is 0 Å². The summed E-state index contributed by atoms with van der Waals surface area (Å²) in [6.07, 6.45) is -1.07. The molecule has 0 bridgehead atoms. The lowest BCUT2D eigenvalue weighted by Gasteiger charge is -2.52. The van der Waals surface area contributed by atoms with Gasteiger partial charge in [0.25, 0.3) is 0 Å². The SMILES string of the molecule is CC(C)(C)C(C(=O)O)(C(O)c1ccccc1)C(C)(C)C. The van der Waals surface area contributed by atoms with Gasteiger partial charge in [0, 0.05) is 0 Å². The molecule has 0 heterocycles. The first-order chi connectivity index (χ1) is 8.96. The first kappa shape index (κ1) is 16.7. The fourth-order valence-electron chi connectivity index (χ4n) is 3.59. The van der Waals surface area contributed by atoms with Crippen molar-refractivity contribution in [3.8, 4) is 0 Å². The Labute approximate surface area is 121 Å². The molecule has 0 aliphatic heterocycles. The Morgan fingerprint density at radius 3 is 1.65 bits per heavy atom. The Balaban J connectivity index is 3.58. The Hall–Kier alpha value is -1.35. The van der Waals surface area contributed by atoms with Gasteiger partial charge in [-0.2, -0.15) is 0 Å². The van der Waals surface area contributed by atoms with Crippen LogP contribution in [0.3, 0.4) is 0 Å². The Morgan fingerprint density at radius 1 is 0.950 bits per heavy atom. The van der Waals surface area contributed by atoms with E-state index >= 15 is 0 Å². The van der Waals surface area contributed by atoms with Crippen LogP contribution in [0.2, 0.25) is 0 Å². The van der Waals surface area contributed by atoms with Crippen molar-refractivity contribution >= 4 is 5.97 Å². The van der Waals surface area contributed by atoms with Crippen LogP contribution in [-0.2, 0) is 4.79 Å². The smallest absolute Gasteiger partial charge is 0.313 e. The highest BCUT2D eigenvalue weighted by atomic mass is 16.4. The van der Waals surface area contributed by atoms with Crippen LogP contribution in [0, 0.1) is 16.2 Å². The second-order valence-electron chi connectivity index (χ2n) is 7.43. The highest BCUT2D eigenvalue weighted by molar-refractivity contribution is 5.78. The van der Waals surface area contributed by atoms with Crippen LogP contribution in [0.15, 0.2) is 30.3 Å². The molecular weight excluding hydrogens is 252 g/mol. The van der Waals surface area contributed by atoms with Gasteiger partial charge in [-0.1, -0.05) is 71.9 Å². The molecular formula is C17H26O3. The number of hydrogen-bond acceptors (Lipinski definition) is 2. The lowest BCUT2D eigenvalue weighted by atomic mass is 9.50. The first-order valence-electron chi connectivity index (χ1n) is 6.92. The average Bonchev–Trinajstić information content (AvgIpc) is 2.26. The normalized spacial score (nSPS) is 14.9. The lowest BCUT2D eigenvalue weighted by Crippen LogP contribution is -2.56. The van der Waals surface area contributed by atoms with E-state index in [1.165, 1.54) is 0 Å². The number of aliphatic hydroxyl groups is 1. The largest absolute Gasteiger partial charge is 0.481 e. The van der Waals surface area contributed by atoms with E-state index in [4.69, 9.17) is 0 Å². The fraction of sp³-hybridized carbons (Fsp3) is 0.588. The van der Waals surface area contributed by atoms with Gasteiger partial charge >= 0.3 is 5.97 Å². The molecule has 0 saturated heterocycles. The minimum Gasteiger partial charge on any atom is -0.481 e. The standard InChI is InChI=1S/C17H26O3/c1-15(2,3)17(14(19)20,16(4,5)6)13(18)12-10-8-7-9-11-12/h7-11,13,18H,1-6H3,(H,19,20). The molecule has 0 aromatic heterocycles. The number of aliphatic hydroxyl groups excluding tert-OH is 1. The monoisotopic (exact) mass is 278 g/mol. The Kier molecular flexibility index (Phi) is 4.35. The summed E-state index contributed by atoms with van der Waals surface area (Å²) in [6, 6.07) is 9.04. The van der Waals surface area contributed by atoms with E-state index in [1.807, 2.05) is 59.7 Å². The van der Waals surface area contributed by atoms with Gasteiger partial charge < -0.3 is 10.2 Å². The molecule has 0 aliphatic rings. The van der Waals surface area contributed by atoms with E-state index < -0.39 is 28.3 Å². The minimum absolute atomic E-state index is 0.605. The number of aliphatic carboxylic acids is 1. The summed E-state index contributed by atoms with van der Waals surface area (Å²) in [5, 5.41) is 20.9. The van der Waals surface area contributed by atoms with Crippen molar-refractivity contribution in [3.63, 3.8) is 0 Å². The summed E-state index contributed by atoms with van der Waals surface area (Å²) in [5.41, 5.74) is -1.86. The van der Waals surface area contributed by atoms with Crippen molar-refractivity contribution in [2.24, 2.45) is 16.2 Å². The van der Waals surface area contributed by atoms with Gasteiger partial charge in [-0.25, -0.2) is 0 Å². The average molecular weight is 278 g/mol. The summed E-state index contributed by atoms with van der Waals surface area (Å²) < 4.78 is 0. The molecule has 3 heteroatoms. The number of carboxylic acid groups (broad SMARTS) is 1. The van der Waals surface area contributed by atoms with E-state index in [-0.39, 0.29) is 0 Å². The molecule has 0 aliphatic carbocycles. The maximum Gasteiger partial charge on any atom is 0.313 e. The van der Waals surface area contributed by atoms with Crippen LogP contribution >= 0.6 is 0 Å². The number of carboxylic acids is 1. The molecule has 1 aromatic carbocycles. The lowest BCUT2D eigenvalue weighted by molar-refractivity contribution is -0.189.